The number of nitrogens with one attached hydrogen (secondary N) is 2. The molecule has 8 nitrogen and oxygen atoms in total. The van der Waals surface area contributed by atoms with Gasteiger partial charge in [-0.1, -0.05) is 49.2 Å². The fourth-order valence-electron chi connectivity index (χ4n) is 4.65. The summed E-state index contributed by atoms with van der Waals surface area (Å²) in [5.74, 6) is 0.287. The summed E-state index contributed by atoms with van der Waals surface area (Å²) in [5.41, 5.74) is 7.37. The van der Waals surface area contributed by atoms with E-state index in [0.717, 1.165) is 57.0 Å². The van der Waals surface area contributed by atoms with E-state index in [0.29, 0.717) is 24.4 Å². The Balaban J connectivity index is 1.60. The van der Waals surface area contributed by atoms with E-state index in [1.54, 1.807) is 0 Å². The van der Waals surface area contributed by atoms with Gasteiger partial charge in [0.2, 0.25) is 0 Å². The number of hydrogen-bond acceptors (Lipinski definition) is 7. The van der Waals surface area contributed by atoms with E-state index in [-0.39, 0.29) is 22.6 Å². The van der Waals surface area contributed by atoms with Crippen molar-refractivity contribution in [2.45, 2.75) is 58.7 Å². The molecule has 10 heteroatoms. The number of rotatable bonds is 11. The van der Waals surface area contributed by atoms with Crippen LogP contribution in [0.25, 0.3) is 0 Å². The number of nitrogens with zero attached hydrogens (tertiary/aromatic N) is 4. The molecule has 2 aromatic rings. The number of piperazine rings is 1. The first-order chi connectivity index (χ1) is 16.9. The van der Waals surface area contributed by atoms with Gasteiger partial charge in [-0.05, 0) is 50.4 Å². The number of carbonyl (C=O) groups is 1. The van der Waals surface area contributed by atoms with E-state index < -0.39 is 0 Å². The summed E-state index contributed by atoms with van der Waals surface area (Å²) >= 11 is 12.4. The Morgan fingerprint density at radius 3 is 2.57 bits per heavy atom. The number of nitrogens with two attached hydrogens (primary N) is 1. The normalized spacial score (nSPS) is 17.4. The first-order valence-corrected chi connectivity index (χ1v) is 13.2. The molecule has 2 heterocycles. The summed E-state index contributed by atoms with van der Waals surface area (Å²) in [6.45, 7) is 11.0. The van der Waals surface area contributed by atoms with E-state index in [4.69, 9.17) is 28.9 Å². The summed E-state index contributed by atoms with van der Waals surface area (Å²) in [5, 5.41) is 7.23. The van der Waals surface area contributed by atoms with Crippen molar-refractivity contribution in [2.75, 3.05) is 43.4 Å². The highest BCUT2D eigenvalue weighted by Crippen LogP contribution is 2.28. The van der Waals surface area contributed by atoms with Crippen molar-refractivity contribution in [1.82, 2.24) is 25.5 Å². The minimum Gasteiger partial charge on any atom is -0.382 e. The molecule has 192 valence electrons. The van der Waals surface area contributed by atoms with Crippen LogP contribution in [0.1, 0.15) is 56.1 Å². The van der Waals surface area contributed by atoms with Gasteiger partial charge in [0.15, 0.2) is 22.5 Å². The molecule has 0 radical (unpaired) electrons. The third-order valence-electron chi connectivity index (χ3n) is 6.55. The minimum atomic E-state index is -0.363. The van der Waals surface area contributed by atoms with Gasteiger partial charge < -0.3 is 21.3 Å². The molecule has 2 atom stereocenters. The molecule has 0 aliphatic carbocycles. The lowest BCUT2D eigenvalue weighted by Crippen LogP contribution is -2.57. The predicted molar refractivity (Wildman–Crippen MR) is 144 cm³/mol. The Morgan fingerprint density at radius 1 is 1.17 bits per heavy atom. The van der Waals surface area contributed by atoms with E-state index in [2.05, 4.69) is 56.4 Å². The Labute approximate surface area is 218 Å². The predicted octanol–water partition coefficient (Wildman–Crippen LogP) is 3.97. The lowest BCUT2D eigenvalue weighted by molar-refractivity contribution is 0.0951. The van der Waals surface area contributed by atoms with Crippen LogP contribution in [0.5, 0.6) is 0 Å². The molecule has 1 aromatic carbocycles. The van der Waals surface area contributed by atoms with E-state index in [9.17, 15) is 4.79 Å². The van der Waals surface area contributed by atoms with Crippen LogP contribution in [0.3, 0.4) is 0 Å². The maximum Gasteiger partial charge on any atom is 0.273 e. The maximum absolute atomic E-state index is 12.2. The average Bonchev–Trinajstić information content (AvgIpc) is 2.86. The van der Waals surface area contributed by atoms with Gasteiger partial charge in [0.05, 0.1) is 0 Å². The van der Waals surface area contributed by atoms with Gasteiger partial charge in [-0.2, -0.15) is 0 Å². The first kappa shape index (κ1) is 27.5. The molecule has 4 N–H and O–H groups in total. The number of benzene rings is 1. The summed E-state index contributed by atoms with van der Waals surface area (Å²) < 4.78 is 0. The second-order valence-corrected chi connectivity index (χ2v) is 9.63. The lowest BCUT2D eigenvalue weighted by atomic mass is 10.0. The van der Waals surface area contributed by atoms with Crippen molar-refractivity contribution in [3.63, 3.8) is 0 Å². The van der Waals surface area contributed by atoms with Crippen molar-refractivity contribution < 1.29 is 4.79 Å². The molecule has 1 amide bonds. The summed E-state index contributed by atoms with van der Waals surface area (Å²) in [6.07, 6.45) is 3.19. The second-order valence-electron chi connectivity index (χ2n) is 8.83. The van der Waals surface area contributed by atoms with Crippen LogP contribution in [0, 0.1) is 0 Å². The van der Waals surface area contributed by atoms with Crippen molar-refractivity contribution in [1.29, 1.82) is 0 Å². The molecule has 0 bridgehead atoms. The summed E-state index contributed by atoms with van der Waals surface area (Å²) in [6, 6.07) is 8.83. The molecule has 0 spiro atoms. The van der Waals surface area contributed by atoms with E-state index in [1.165, 1.54) is 5.56 Å². The van der Waals surface area contributed by atoms with Crippen LogP contribution in [-0.2, 0) is 6.54 Å². The highest BCUT2D eigenvalue weighted by Gasteiger charge is 2.32. The lowest BCUT2D eigenvalue weighted by Gasteiger charge is -2.45. The van der Waals surface area contributed by atoms with Crippen molar-refractivity contribution in [3.05, 3.63) is 45.7 Å². The van der Waals surface area contributed by atoms with Crippen LogP contribution in [0.15, 0.2) is 24.3 Å². The number of amides is 1. The zero-order valence-electron chi connectivity index (χ0n) is 20.9. The van der Waals surface area contributed by atoms with Crippen LogP contribution in [0.4, 0.5) is 11.6 Å². The van der Waals surface area contributed by atoms with Gasteiger partial charge in [-0.15, -0.1) is 0 Å². The SMILES string of the molecule is CCNC(=O)c1nc(Cl)c(N2CCN(C(CC)CCNCc3ccc(Cl)cc3)C(CC)C2)nc1N. The van der Waals surface area contributed by atoms with Gasteiger partial charge in [0.1, 0.15) is 0 Å². The van der Waals surface area contributed by atoms with Gasteiger partial charge in [0, 0.05) is 49.8 Å². The molecule has 1 saturated heterocycles. The fraction of sp³-hybridized carbons (Fsp3) is 0.560. The van der Waals surface area contributed by atoms with Crippen molar-refractivity contribution in [2.24, 2.45) is 0 Å². The van der Waals surface area contributed by atoms with Crippen LogP contribution in [0.2, 0.25) is 10.2 Å². The smallest absolute Gasteiger partial charge is 0.273 e. The topological polar surface area (TPSA) is 99.4 Å². The van der Waals surface area contributed by atoms with Gasteiger partial charge in [-0.3, -0.25) is 9.69 Å². The summed E-state index contributed by atoms with van der Waals surface area (Å²) in [7, 11) is 0. The van der Waals surface area contributed by atoms with E-state index >= 15 is 0 Å². The molecule has 35 heavy (non-hydrogen) atoms. The quantitative estimate of drug-likeness (QED) is 0.384. The number of hydrogen-bond donors (Lipinski definition) is 3. The molecule has 3 rings (SSSR count). The number of anilines is 2. The molecule has 1 fully saturated rings. The number of halogens is 2. The summed E-state index contributed by atoms with van der Waals surface area (Å²) in [4.78, 5) is 25.7. The van der Waals surface area contributed by atoms with Crippen molar-refractivity contribution >= 4 is 40.7 Å². The van der Waals surface area contributed by atoms with Gasteiger partial charge >= 0.3 is 0 Å². The Kier molecular flexibility index (Phi) is 10.4. The Morgan fingerprint density at radius 2 is 1.91 bits per heavy atom. The number of carbonyl (C=O) groups excluding carboxylic acids is 1. The number of aromatic nitrogens is 2. The first-order valence-electron chi connectivity index (χ1n) is 12.4. The standard InChI is InChI=1S/C25H37Cl2N7O/c1-4-19(11-12-29-15-17-7-9-18(26)10-8-17)34-14-13-33(16-20(34)5-2)24-22(27)31-21(23(28)32-24)25(35)30-6-3/h7-10,19-20,29H,4-6,11-16H2,1-3H3,(H2,28,32)(H,30,35). The monoisotopic (exact) mass is 521 g/mol. The van der Waals surface area contributed by atoms with Gasteiger partial charge in [0.25, 0.3) is 5.91 Å². The van der Waals surface area contributed by atoms with Gasteiger partial charge in [-0.25, -0.2) is 9.97 Å². The molecule has 1 aliphatic heterocycles. The minimum absolute atomic E-state index is 0.0726. The zero-order valence-corrected chi connectivity index (χ0v) is 22.4. The van der Waals surface area contributed by atoms with Crippen LogP contribution < -0.4 is 21.3 Å². The molecule has 0 saturated carbocycles. The van der Waals surface area contributed by atoms with Crippen molar-refractivity contribution in [3.8, 4) is 0 Å². The van der Waals surface area contributed by atoms with Crippen LogP contribution in [-0.4, -0.2) is 65.6 Å². The zero-order chi connectivity index (χ0) is 25.4. The Bertz CT molecular complexity index is 973. The third kappa shape index (κ3) is 7.19. The number of nitrogen functional groups attached to an aromatic ring is 1. The molecular weight excluding hydrogens is 485 g/mol. The molecule has 2 unspecified atom stereocenters. The highest BCUT2D eigenvalue weighted by atomic mass is 35.5. The second kappa shape index (κ2) is 13.3. The third-order valence-corrected chi connectivity index (χ3v) is 7.06. The molecule has 1 aliphatic rings. The highest BCUT2D eigenvalue weighted by molar-refractivity contribution is 6.32. The van der Waals surface area contributed by atoms with Crippen LogP contribution >= 0.6 is 23.2 Å². The fourth-order valence-corrected chi connectivity index (χ4v) is 5.02. The van der Waals surface area contributed by atoms with E-state index in [1.807, 2.05) is 19.1 Å². The average molecular weight is 523 g/mol. The molecule has 1 aromatic heterocycles. The molecular formula is C25H37Cl2N7O. The Hall–Kier alpha value is -2.13. The maximum atomic E-state index is 12.2. The largest absolute Gasteiger partial charge is 0.382 e.